The Morgan fingerprint density at radius 3 is 2.67 bits per heavy atom. The molecule has 86 valence electrons. The fraction of sp³-hybridized carbons (Fsp3) is 0.800. The normalized spacial score (nSPS) is 14.2. The highest BCUT2D eigenvalue weighted by Crippen LogP contribution is 2.20. The van der Waals surface area contributed by atoms with E-state index in [9.17, 15) is 0 Å². The highest BCUT2D eigenvalue weighted by Gasteiger charge is 2.23. The third-order valence-electron chi connectivity index (χ3n) is 2.29. The third-order valence-corrected chi connectivity index (χ3v) is 2.29. The molecule has 0 aliphatic carbocycles. The van der Waals surface area contributed by atoms with E-state index in [1.807, 2.05) is 0 Å². The lowest BCUT2D eigenvalue weighted by atomic mass is 9.85. The molecule has 0 spiro atoms. The van der Waals surface area contributed by atoms with Crippen molar-refractivity contribution in [3.05, 3.63) is 11.7 Å². The van der Waals surface area contributed by atoms with Crippen LogP contribution in [0.4, 0.5) is 0 Å². The van der Waals surface area contributed by atoms with Gasteiger partial charge >= 0.3 is 0 Å². The number of rotatable bonds is 4. The molecule has 0 bridgehead atoms. The van der Waals surface area contributed by atoms with Crippen molar-refractivity contribution in [2.75, 3.05) is 7.11 Å². The van der Waals surface area contributed by atoms with Crippen LogP contribution in [-0.2, 0) is 17.8 Å². The molecule has 2 N–H and O–H groups in total. The molecule has 0 aliphatic heterocycles. The number of hydrogen-bond acceptors (Lipinski definition) is 5. The number of methoxy groups -OCH3 is 1. The molecule has 0 saturated heterocycles. The van der Waals surface area contributed by atoms with Gasteiger partial charge < -0.3 is 15.0 Å². The number of nitrogens with two attached hydrogens (primary N) is 1. The van der Waals surface area contributed by atoms with Crippen molar-refractivity contribution < 1.29 is 9.26 Å². The van der Waals surface area contributed by atoms with Gasteiger partial charge in [-0.15, -0.1) is 0 Å². The fourth-order valence-corrected chi connectivity index (χ4v) is 1.06. The predicted molar refractivity (Wildman–Crippen MR) is 56.1 cm³/mol. The Morgan fingerprint density at radius 1 is 1.47 bits per heavy atom. The first-order valence-electron chi connectivity index (χ1n) is 4.99. The lowest BCUT2D eigenvalue weighted by Crippen LogP contribution is -2.37. The molecule has 15 heavy (non-hydrogen) atoms. The minimum absolute atomic E-state index is 0.00773. The molecule has 1 rings (SSSR count). The van der Waals surface area contributed by atoms with Gasteiger partial charge in [-0.3, -0.25) is 0 Å². The molecule has 0 amide bonds. The Hall–Kier alpha value is -0.940. The fourth-order valence-electron chi connectivity index (χ4n) is 1.06. The van der Waals surface area contributed by atoms with E-state index in [-0.39, 0.29) is 11.5 Å². The van der Waals surface area contributed by atoms with Gasteiger partial charge in [-0.25, -0.2) is 0 Å². The Labute approximate surface area is 90.0 Å². The van der Waals surface area contributed by atoms with Crippen molar-refractivity contribution in [1.82, 2.24) is 10.1 Å². The van der Waals surface area contributed by atoms with E-state index in [1.54, 1.807) is 7.11 Å². The summed E-state index contributed by atoms with van der Waals surface area (Å²) in [6, 6.07) is 0.00773. The van der Waals surface area contributed by atoms with Crippen LogP contribution in [0.15, 0.2) is 4.52 Å². The van der Waals surface area contributed by atoms with Crippen LogP contribution in [0.3, 0.4) is 0 Å². The summed E-state index contributed by atoms with van der Waals surface area (Å²) in [4.78, 5) is 4.17. The summed E-state index contributed by atoms with van der Waals surface area (Å²) in [6.07, 6.45) is 0.597. The van der Waals surface area contributed by atoms with E-state index in [0.717, 1.165) is 0 Å². The predicted octanol–water partition coefficient (Wildman–Crippen LogP) is 1.13. The van der Waals surface area contributed by atoms with Gasteiger partial charge in [0.05, 0.1) is 0 Å². The maximum atomic E-state index is 6.01. The largest absolute Gasteiger partial charge is 0.377 e. The van der Waals surface area contributed by atoms with Gasteiger partial charge in [0.1, 0.15) is 6.61 Å². The average Bonchev–Trinajstić information content (AvgIpc) is 2.51. The first-order valence-corrected chi connectivity index (χ1v) is 4.99. The highest BCUT2D eigenvalue weighted by molar-refractivity contribution is 4.91. The van der Waals surface area contributed by atoms with E-state index in [4.69, 9.17) is 15.0 Å². The SMILES string of the molecule is COCc1noc(CC(N)C(C)(C)C)n1. The van der Waals surface area contributed by atoms with E-state index >= 15 is 0 Å². The molecule has 0 aromatic carbocycles. The first kappa shape index (κ1) is 12.1. The second-order valence-corrected chi connectivity index (χ2v) is 4.71. The lowest BCUT2D eigenvalue weighted by molar-refractivity contribution is 0.174. The summed E-state index contributed by atoms with van der Waals surface area (Å²) in [7, 11) is 1.59. The Bertz CT molecular complexity index is 304. The number of aromatic nitrogens is 2. The van der Waals surface area contributed by atoms with Crippen LogP contribution in [0.2, 0.25) is 0 Å². The minimum atomic E-state index is 0.00773. The quantitative estimate of drug-likeness (QED) is 0.811. The van der Waals surface area contributed by atoms with Crippen molar-refractivity contribution >= 4 is 0 Å². The maximum absolute atomic E-state index is 6.01. The van der Waals surface area contributed by atoms with Crippen LogP contribution in [0.25, 0.3) is 0 Å². The molecule has 5 heteroatoms. The van der Waals surface area contributed by atoms with Crippen molar-refractivity contribution in [2.24, 2.45) is 11.1 Å². The minimum Gasteiger partial charge on any atom is -0.377 e. The third kappa shape index (κ3) is 3.60. The zero-order valence-corrected chi connectivity index (χ0v) is 9.78. The van der Waals surface area contributed by atoms with Gasteiger partial charge in [0.25, 0.3) is 0 Å². The molecule has 1 atom stereocenters. The van der Waals surface area contributed by atoms with E-state index in [1.165, 1.54) is 0 Å². The molecular weight excluding hydrogens is 194 g/mol. The van der Waals surface area contributed by atoms with Crippen LogP contribution in [-0.4, -0.2) is 23.3 Å². The Balaban J connectivity index is 2.57. The smallest absolute Gasteiger partial charge is 0.228 e. The van der Waals surface area contributed by atoms with Crippen LogP contribution in [0.5, 0.6) is 0 Å². The topological polar surface area (TPSA) is 74.2 Å². The number of ether oxygens (including phenoxy) is 1. The summed E-state index contributed by atoms with van der Waals surface area (Å²) < 4.78 is 9.96. The second-order valence-electron chi connectivity index (χ2n) is 4.71. The zero-order chi connectivity index (χ0) is 11.5. The molecule has 0 aliphatic rings. The molecule has 5 nitrogen and oxygen atoms in total. The van der Waals surface area contributed by atoms with Crippen LogP contribution >= 0.6 is 0 Å². The first-order chi connectivity index (χ1) is 6.93. The van der Waals surface area contributed by atoms with Crippen molar-refractivity contribution in [2.45, 2.75) is 39.8 Å². The van der Waals surface area contributed by atoms with Gasteiger partial charge in [-0.2, -0.15) is 4.98 Å². The summed E-state index contributed by atoms with van der Waals surface area (Å²) in [6.45, 7) is 6.63. The summed E-state index contributed by atoms with van der Waals surface area (Å²) in [5.74, 6) is 1.14. The zero-order valence-electron chi connectivity index (χ0n) is 9.78. The average molecular weight is 213 g/mol. The van der Waals surface area contributed by atoms with Crippen molar-refractivity contribution in [3.63, 3.8) is 0 Å². The van der Waals surface area contributed by atoms with E-state index in [2.05, 4.69) is 30.9 Å². The van der Waals surface area contributed by atoms with Crippen LogP contribution in [0, 0.1) is 5.41 Å². The van der Waals surface area contributed by atoms with E-state index < -0.39 is 0 Å². The standard InChI is InChI=1S/C10H19N3O2/c1-10(2,3)7(11)5-9-12-8(6-14-4)13-15-9/h7H,5-6,11H2,1-4H3. The highest BCUT2D eigenvalue weighted by atomic mass is 16.5. The Morgan fingerprint density at radius 2 is 2.13 bits per heavy atom. The van der Waals surface area contributed by atoms with Crippen LogP contribution in [0.1, 0.15) is 32.5 Å². The monoisotopic (exact) mass is 213 g/mol. The van der Waals surface area contributed by atoms with Gasteiger partial charge in [0.15, 0.2) is 5.82 Å². The molecule has 0 fully saturated rings. The maximum Gasteiger partial charge on any atom is 0.228 e. The van der Waals surface area contributed by atoms with Gasteiger partial charge in [0.2, 0.25) is 5.89 Å². The molecule has 0 saturated carbocycles. The molecule has 1 unspecified atom stereocenters. The van der Waals surface area contributed by atoms with Gasteiger partial charge in [-0.05, 0) is 5.41 Å². The van der Waals surface area contributed by atoms with E-state index in [0.29, 0.717) is 24.7 Å². The molecule has 1 aromatic rings. The summed E-state index contributed by atoms with van der Waals surface area (Å²) >= 11 is 0. The molecule has 1 aromatic heterocycles. The van der Waals surface area contributed by atoms with Crippen molar-refractivity contribution in [1.29, 1.82) is 0 Å². The molecule has 1 heterocycles. The molecular formula is C10H19N3O2. The van der Waals surface area contributed by atoms with Crippen molar-refractivity contribution in [3.8, 4) is 0 Å². The number of nitrogens with zero attached hydrogens (tertiary/aromatic N) is 2. The summed E-state index contributed by atoms with van der Waals surface area (Å²) in [5.41, 5.74) is 6.04. The van der Waals surface area contributed by atoms with Gasteiger partial charge in [-0.1, -0.05) is 25.9 Å². The van der Waals surface area contributed by atoms with Crippen LogP contribution < -0.4 is 5.73 Å². The second kappa shape index (κ2) is 4.72. The summed E-state index contributed by atoms with van der Waals surface area (Å²) in [5, 5.41) is 3.77. The van der Waals surface area contributed by atoms with Gasteiger partial charge in [0, 0.05) is 19.6 Å². The lowest BCUT2D eigenvalue weighted by Gasteiger charge is -2.25. The molecule has 0 radical (unpaired) electrons. The number of hydrogen-bond donors (Lipinski definition) is 1. The Kier molecular flexibility index (Phi) is 3.82.